The summed E-state index contributed by atoms with van der Waals surface area (Å²) in [5.41, 5.74) is 2.25. The Morgan fingerprint density at radius 1 is 1.08 bits per heavy atom. The minimum absolute atomic E-state index is 0.174. The molecule has 0 bridgehead atoms. The van der Waals surface area contributed by atoms with E-state index in [2.05, 4.69) is 21.3 Å². The first kappa shape index (κ1) is 16.6. The fourth-order valence-electron chi connectivity index (χ4n) is 3.06. The smallest absolute Gasteiger partial charge is 0.160 e. The van der Waals surface area contributed by atoms with Crippen LogP contribution in [0.3, 0.4) is 0 Å². The Morgan fingerprint density at radius 2 is 1.83 bits per heavy atom. The molecule has 3 rings (SSSR count). The van der Waals surface area contributed by atoms with Crippen molar-refractivity contribution in [1.29, 1.82) is 0 Å². The molecule has 2 N–H and O–H groups in total. The minimum atomic E-state index is 0.174. The summed E-state index contributed by atoms with van der Waals surface area (Å²) in [6.07, 6.45) is 5.73. The highest BCUT2D eigenvalue weighted by Gasteiger charge is 2.12. The molecule has 1 aromatic heterocycles. The third kappa shape index (κ3) is 4.17. The van der Waals surface area contributed by atoms with Crippen LogP contribution in [-0.2, 0) is 13.1 Å². The third-order valence-electron chi connectivity index (χ3n) is 4.39. The van der Waals surface area contributed by atoms with Gasteiger partial charge in [0.2, 0.25) is 0 Å². The Balaban J connectivity index is 1.55. The van der Waals surface area contributed by atoms with Crippen LogP contribution in [0, 0.1) is 0 Å². The van der Waals surface area contributed by atoms with Crippen LogP contribution in [-0.4, -0.2) is 30.3 Å². The van der Waals surface area contributed by atoms with Gasteiger partial charge in [-0.25, -0.2) is 4.98 Å². The number of phenols is 1. The van der Waals surface area contributed by atoms with Crippen molar-refractivity contribution in [3.05, 3.63) is 47.7 Å². The number of methoxy groups -OCH3 is 1. The molecule has 2 heterocycles. The Hall–Kier alpha value is -2.27. The molecule has 128 valence electrons. The Morgan fingerprint density at radius 3 is 2.54 bits per heavy atom. The van der Waals surface area contributed by atoms with Crippen LogP contribution in [0.25, 0.3) is 0 Å². The molecule has 5 heteroatoms. The highest BCUT2D eigenvalue weighted by molar-refractivity contribution is 5.42. The summed E-state index contributed by atoms with van der Waals surface area (Å²) in [6.45, 7) is 3.68. The van der Waals surface area contributed by atoms with Crippen molar-refractivity contribution in [3.63, 3.8) is 0 Å². The topological polar surface area (TPSA) is 57.6 Å². The number of pyridine rings is 1. The van der Waals surface area contributed by atoms with Crippen LogP contribution in [0.5, 0.6) is 11.5 Å². The summed E-state index contributed by atoms with van der Waals surface area (Å²) in [5, 5.41) is 13.2. The number of piperidine rings is 1. The van der Waals surface area contributed by atoms with E-state index >= 15 is 0 Å². The van der Waals surface area contributed by atoms with E-state index in [1.54, 1.807) is 19.2 Å². The van der Waals surface area contributed by atoms with Crippen LogP contribution in [0.15, 0.2) is 36.5 Å². The standard InChI is InChI=1S/C19H25N3O2/c1-24-18-6-5-15(11-17(18)23)13-20-14-16-7-8-21-19(12-16)22-9-3-2-4-10-22/h5-8,11-12,20,23H,2-4,9-10,13-14H2,1H3. The van der Waals surface area contributed by atoms with Crippen LogP contribution >= 0.6 is 0 Å². The van der Waals surface area contributed by atoms with Gasteiger partial charge in [0.05, 0.1) is 7.11 Å². The van der Waals surface area contributed by atoms with Crippen LogP contribution in [0.2, 0.25) is 0 Å². The van der Waals surface area contributed by atoms with E-state index in [9.17, 15) is 5.11 Å². The van der Waals surface area contributed by atoms with Crippen molar-refractivity contribution < 1.29 is 9.84 Å². The van der Waals surface area contributed by atoms with E-state index in [0.29, 0.717) is 12.3 Å². The second-order valence-corrected chi connectivity index (χ2v) is 6.18. The first-order valence-corrected chi connectivity index (χ1v) is 8.53. The van der Waals surface area contributed by atoms with Gasteiger partial charge in [0, 0.05) is 32.4 Å². The van der Waals surface area contributed by atoms with Crippen molar-refractivity contribution in [1.82, 2.24) is 10.3 Å². The quantitative estimate of drug-likeness (QED) is 0.854. The molecule has 1 aliphatic rings. The second-order valence-electron chi connectivity index (χ2n) is 6.18. The predicted octanol–water partition coefficient (Wildman–Crippen LogP) is 3.08. The van der Waals surface area contributed by atoms with Crippen molar-refractivity contribution >= 4 is 5.82 Å². The monoisotopic (exact) mass is 327 g/mol. The maximum absolute atomic E-state index is 9.82. The van der Waals surface area contributed by atoms with E-state index in [1.165, 1.54) is 24.8 Å². The number of anilines is 1. The predicted molar refractivity (Wildman–Crippen MR) is 95.5 cm³/mol. The zero-order chi connectivity index (χ0) is 16.8. The molecule has 1 saturated heterocycles. The number of phenolic OH excluding ortho intramolecular Hbond substituents is 1. The number of benzene rings is 1. The van der Waals surface area contributed by atoms with Crippen molar-refractivity contribution in [2.45, 2.75) is 32.4 Å². The molecule has 5 nitrogen and oxygen atoms in total. The number of aromatic hydroxyl groups is 1. The molecule has 0 radical (unpaired) electrons. The molecule has 0 aliphatic carbocycles. The summed E-state index contributed by atoms with van der Waals surface area (Å²) in [6, 6.07) is 9.69. The summed E-state index contributed by atoms with van der Waals surface area (Å²) in [7, 11) is 1.55. The number of hydrogen-bond acceptors (Lipinski definition) is 5. The molecule has 0 unspecified atom stereocenters. The first-order chi connectivity index (χ1) is 11.8. The maximum atomic E-state index is 9.82. The molecule has 24 heavy (non-hydrogen) atoms. The van der Waals surface area contributed by atoms with E-state index in [4.69, 9.17) is 4.74 Å². The second kappa shape index (κ2) is 8.02. The molecule has 0 spiro atoms. The lowest BCUT2D eigenvalue weighted by molar-refractivity contribution is 0.373. The lowest BCUT2D eigenvalue weighted by Crippen LogP contribution is -2.30. The zero-order valence-electron chi connectivity index (χ0n) is 14.2. The zero-order valence-corrected chi connectivity index (χ0v) is 14.2. The maximum Gasteiger partial charge on any atom is 0.160 e. The molecule has 2 aromatic rings. The third-order valence-corrected chi connectivity index (χ3v) is 4.39. The average Bonchev–Trinajstić information content (AvgIpc) is 2.63. The lowest BCUT2D eigenvalue weighted by Gasteiger charge is -2.27. The van der Waals surface area contributed by atoms with E-state index in [0.717, 1.165) is 31.0 Å². The molecule has 1 fully saturated rings. The van der Waals surface area contributed by atoms with Crippen LogP contribution in [0.4, 0.5) is 5.82 Å². The van der Waals surface area contributed by atoms with Gasteiger partial charge in [0.15, 0.2) is 11.5 Å². The molecule has 1 aromatic carbocycles. The normalized spacial score (nSPS) is 14.6. The Bertz CT molecular complexity index is 669. The fourth-order valence-corrected chi connectivity index (χ4v) is 3.06. The average molecular weight is 327 g/mol. The Kier molecular flexibility index (Phi) is 5.54. The summed E-state index contributed by atoms with van der Waals surface area (Å²) in [4.78, 5) is 6.88. The number of nitrogens with one attached hydrogen (secondary N) is 1. The van der Waals surface area contributed by atoms with Gasteiger partial charge in [-0.1, -0.05) is 6.07 Å². The van der Waals surface area contributed by atoms with Crippen molar-refractivity contribution in [2.75, 3.05) is 25.1 Å². The number of nitrogens with zero attached hydrogens (tertiary/aromatic N) is 2. The number of hydrogen-bond donors (Lipinski definition) is 2. The number of aromatic nitrogens is 1. The Labute approximate surface area is 143 Å². The molecule has 0 atom stereocenters. The van der Waals surface area contributed by atoms with Crippen LogP contribution < -0.4 is 15.0 Å². The molecule has 0 amide bonds. The van der Waals surface area contributed by atoms with Gasteiger partial charge in [-0.05, 0) is 54.7 Å². The van der Waals surface area contributed by atoms with Gasteiger partial charge < -0.3 is 20.1 Å². The first-order valence-electron chi connectivity index (χ1n) is 8.53. The van der Waals surface area contributed by atoms with Crippen molar-refractivity contribution in [2.24, 2.45) is 0 Å². The van der Waals surface area contributed by atoms with Gasteiger partial charge in [-0.2, -0.15) is 0 Å². The summed E-state index contributed by atoms with van der Waals surface area (Å²) in [5.74, 6) is 1.75. The fraction of sp³-hybridized carbons (Fsp3) is 0.421. The molecule has 1 aliphatic heterocycles. The summed E-state index contributed by atoms with van der Waals surface area (Å²) < 4.78 is 5.06. The highest BCUT2D eigenvalue weighted by Crippen LogP contribution is 2.26. The minimum Gasteiger partial charge on any atom is -0.504 e. The molecule has 0 saturated carbocycles. The number of ether oxygens (including phenoxy) is 1. The van der Waals surface area contributed by atoms with E-state index in [1.807, 2.05) is 18.3 Å². The summed E-state index contributed by atoms with van der Waals surface area (Å²) >= 11 is 0. The largest absolute Gasteiger partial charge is 0.504 e. The molecular formula is C19H25N3O2. The van der Waals surface area contributed by atoms with Gasteiger partial charge in [-0.3, -0.25) is 0 Å². The van der Waals surface area contributed by atoms with E-state index in [-0.39, 0.29) is 5.75 Å². The van der Waals surface area contributed by atoms with E-state index < -0.39 is 0 Å². The highest BCUT2D eigenvalue weighted by atomic mass is 16.5. The van der Waals surface area contributed by atoms with Crippen LogP contribution in [0.1, 0.15) is 30.4 Å². The lowest BCUT2D eigenvalue weighted by atomic mass is 10.1. The van der Waals surface area contributed by atoms with Gasteiger partial charge in [0.25, 0.3) is 0 Å². The van der Waals surface area contributed by atoms with Crippen molar-refractivity contribution in [3.8, 4) is 11.5 Å². The van der Waals surface area contributed by atoms with Gasteiger partial charge in [0.1, 0.15) is 5.82 Å². The number of rotatable bonds is 6. The van der Waals surface area contributed by atoms with Gasteiger partial charge in [-0.15, -0.1) is 0 Å². The van der Waals surface area contributed by atoms with Gasteiger partial charge >= 0.3 is 0 Å². The SMILES string of the molecule is COc1ccc(CNCc2ccnc(N3CCCCC3)c2)cc1O. The molecular weight excluding hydrogens is 302 g/mol.